The van der Waals surface area contributed by atoms with Gasteiger partial charge in [0.2, 0.25) is 10.0 Å². The minimum Gasteiger partial charge on any atom is -0.399 e. The lowest BCUT2D eigenvalue weighted by Gasteiger charge is -2.07. The van der Waals surface area contributed by atoms with Crippen molar-refractivity contribution in [3.63, 3.8) is 0 Å². The minimum atomic E-state index is -3.91. The number of hydrogen-bond donors (Lipinski definition) is 3. The third kappa shape index (κ3) is 3.34. The highest BCUT2D eigenvalue weighted by atomic mass is 32.2. The fourth-order valence-electron chi connectivity index (χ4n) is 1.34. The molecule has 9 heteroatoms. The van der Waals surface area contributed by atoms with Crippen LogP contribution in [0.4, 0.5) is 5.69 Å². The molecule has 0 saturated carbocycles. The van der Waals surface area contributed by atoms with Gasteiger partial charge in [0.1, 0.15) is 0 Å². The molecule has 0 bridgehead atoms. The molecule has 1 heterocycles. The second-order valence-corrected chi connectivity index (χ2v) is 6.15. The number of rotatable bonds is 3. The van der Waals surface area contributed by atoms with Gasteiger partial charge in [0.15, 0.2) is 5.16 Å². The molecule has 0 atom stereocenters. The SMILES string of the molecule is Nc1ccc(Sc2nccc(=O)[nH]2)c(S(N)(=O)=O)c1. The first-order valence-corrected chi connectivity index (χ1v) is 7.38. The van der Waals surface area contributed by atoms with E-state index in [4.69, 9.17) is 10.9 Å². The number of nitrogens with zero attached hydrogens (tertiary/aromatic N) is 1. The molecule has 0 aliphatic carbocycles. The van der Waals surface area contributed by atoms with Crippen molar-refractivity contribution in [2.24, 2.45) is 5.14 Å². The van der Waals surface area contributed by atoms with Gasteiger partial charge in [-0.15, -0.1) is 0 Å². The van der Waals surface area contributed by atoms with Crippen molar-refractivity contribution in [1.29, 1.82) is 0 Å². The number of anilines is 1. The fourth-order valence-corrected chi connectivity index (χ4v) is 3.23. The van der Waals surface area contributed by atoms with Crippen molar-refractivity contribution in [3.05, 3.63) is 40.8 Å². The molecule has 2 rings (SSSR count). The summed E-state index contributed by atoms with van der Waals surface area (Å²) in [6, 6.07) is 5.57. The smallest absolute Gasteiger partial charge is 0.251 e. The summed E-state index contributed by atoms with van der Waals surface area (Å²) in [6.07, 6.45) is 1.33. The van der Waals surface area contributed by atoms with Crippen molar-refractivity contribution in [3.8, 4) is 0 Å². The van der Waals surface area contributed by atoms with Gasteiger partial charge in [-0.3, -0.25) is 4.79 Å². The molecule has 0 fully saturated rings. The van der Waals surface area contributed by atoms with Crippen LogP contribution in [-0.2, 0) is 10.0 Å². The largest absolute Gasteiger partial charge is 0.399 e. The van der Waals surface area contributed by atoms with Crippen LogP contribution in [0.15, 0.2) is 50.2 Å². The maximum atomic E-state index is 11.5. The molecule has 0 radical (unpaired) electrons. The van der Waals surface area contributed by atoms with E-state index in [0.717, 1.165) is 11.8 Å². The number of hydrogen-bond acceptors (Lipinski definition) is 6. The summed E-state index contributed by atoms with van der Waals surface area (Å²) in [5, 5.41) is 5.39. The van der Waals surface area contributed by atoms with Crippen LogP contribution in [0.5, 0.6) is 0 Å². The average Bonchev–Trinajstić information content (AvgIpc) is 2.30. The highest BCUT2D eigenvalue weighted by molar-refractivity contribution is 8.00. The van der Waals surface area contributed by atoms with Gasteiger partial charge in [0.05, 0.1) is 4.90 Å². The van der Waals surface area contributed by atoms with Gasteiger partial charge >= 0.3 is 0 Å². The van der Waals surface area contributed by atoms with Crippen LogP contribution in [0, 0.1) is 0 Å². The van der Waals surface area contributed by atoms with Gasteiger partial charge in [-0.05, 0) is 18.2 Å². The number of H-pyrrole nitrogens is 1. The highest BCUT2D eigenvalue weighted by Gasteiger charge is 2.16. The van der Waals surface area contributed by atoms with Crippen molar-refractivity contribution in [2.75, 3.05) is 5.73 Å². The predicted molar refractivity (Wildman–Crippen MR) is 71.2 cm³/mol. The van der Waals surface area contributed by atoms with Crippen LogP contribution in [0.3, 0.4) is 0 Å². The van der Waals surface area contributed by atoms with Crippen LogP contribution >= 0.6 is 11.8 Å². The third-order valence-corrected chi connectivity index (χ3v) is 4.19. The quantitative estimate of drug-likeness (QED) is 0.546. The molecule has 0 saturated heterocycles. The molecule has 0 spiro atoms. The molecule has 2 aromatic rings. The maximum absolute atomic E-state index is 11.5. The molecule has 7 nitrogen and oxygen atoms in total. The number of sulfonamides is 1. The molecular weight excluding hydrogens is 288 g/mol. The van der Waals surface area contributed by atoms with E-state index in [1.165, 1.54) is 30.5 Å². The Morgan fingerprint density at radius 3 is 2.63 bits per heavy atom. The zero-order valence-corrected chi connectivity index (χ0v) is 11.2. The molecule has 100 valence electrons. The van der Waals surface area contributed by atoms with Crippen LogP contribution in [-0.4, -0.2) is 18.4 Å². The van der Waals surface area contributed by atoms with Crippen LogP contribution in [0.25, 0.3) is 0 Å². The van der Waals surface area contributed by atoms with E-state index in [9.17, 15) is 13.2 Å². The Morgan fingerprint density at radius 2 is 2.00 bits per heavy atom. The molecule has 5 N–H and O–H groups in total. The zero-order valence-electron chi connectivity index (χ0n) is 9.53. The Kier molecular flexibility index (Phi) is 3.60. The second-order valence-electron chi connectivity index (χ2n) is 3.59. The second kappa shape index (κ2) is 5.03. The zero-order chi connectivity index (χ0) is 14.0. The molecule has 0 aliphatic heterocycles. The lowest BCUT2D eigenvalue weighted by atomic mass is 10.3. The summed E-state index contributed by atoms with van der Waals surface area (Å²) in [5.74, 6) is 0. The Balaban J connectivity index is 2.49. The van der Waals surface area contributed by atoms with Crippen molar-refractivity contribution in [1.82, 2.24) is 9.97 Å². The van der Waals surface area contributed by atoms with E-state index < -0.39 is 10.0 Å². The fraction of sp³-hybridized carbons (Fsp3) is 0. The number of primary sulfonamides is 1. The van der Waals surface area contributed by atoms with E-state index in [2.05, 4.69) is 9.97 Å². The number of benzene rings is 1. The maximum Gasteiger partial charge on any atom is 0.251 e. The molecule has 1 aromatic carbocycles. The van der Waals surface area contributed by atoms with E-state index in [-0.39, 0.29) is 21.3 Å². The monoisotopic (exact) mass is 298 g/mol. The van der Waals surface area contributed by atoms with Gasteiger partial charge < -0.3 is 10.7 Å². The topological polar surface area (TPSA) is 132 Å². The lowest BCUT2D eigenvalue weighted by molar-refractivity contribution is 0.596. The van der Waals surface area contributed by atoms with Crippen LogP contribution in [0.1, 0.15) is 0 Å². The number of nitrogens with one attached hydrogen (secondary N) is 1. The molecule has 0 unspecified atom stereocenters. The van der Waals surface area contributed by atoms with E-state index in [1.807, 2.05) is 0 Å². The first-order chi connectivity index (χ1) is 8.86. The molecule has 0 aliphatic rings. The molecule has 1 aromatic heterocycles. The standard InChI is InChI=1S/C10H10N4O3S2/c11-6-1-2-7(8(5-6)19(12,16)17)18-10-13-4-3-9(15)14-10/h1-5H,11H2,(H2,12,16,17)(H,13,14,15). The van der Waals surface area contributed by atoms with Crippen LogP contribution in [0.2, 0.25) is 0 Å². The Hall–Kier alpha value is -1.84. The number of aromatic amines is 1. The molecule has 0 amide bonds. The van der Waals surface area contributed by atoms with Gasteiger partial charge in [-0.25, -0.2) is 18.5 Å². The number of nitrogens with two attached hydrogens (primary N) is 2. The van der Waals surface area contributed by atoms with Gasteiger partial charge in [0.25, 0.3) is 5.56 Å². The minimum absolute atomic E-state index is 0.107. The summed E-state index contributed by atoms with van der Waals surface area (Å²) in [5.41, 5.74) is 5.49. The summed E-state index contributed by atoms with van der Waals surface area (Å²) in [4.78, 5) is 17.8. The highest BCUT2D eigenvalue weighted by Crippen LogP contribution is 2.30. The summed E-state index contributed by atoms with van der Waals surface area (Å²) < 4.78 is 23.0. The van der Waals surface area contributed by atoms with Crippen LogP contribution < -0.4 is 16.4 Å². The first-order valence-electron chi connectivity index (χ1n) is 5.02. The van der Waals surface area contributed by atoms with Gasteiger partial charge in [0, 0.05) is 22.8 Å². The van der Waals surface area contributed by atoms with Crippen molar-refractivity contribution < 1.29 is 8.42 Å². The summed E-state index contributed by atoms with van der Waals surface area (Å²) in [7, 11) is -3.91. The van der Waals surface area contributed by atoms with Gasteiger partial charge in [-0.1, -0.05) is 11.8 Å². The summed E-state index contributed by atoms with van der Waals surface area (Å²) in [6.45, 7) is 0. The first kappa shape index (κ1) is 13.6. The Morgan fingerprint density at radius 1 is 1.26 bits per heavy atom. The van der Waals surface area contributed by atoms with Crippen molar-refractivity contribution >= 4 is 27.5 Å². The third-order valence-electron chi connectivity index (χ3n) is 2.13. The lowest BCUT2D eigenvalue weighted by Crippen LogP contribution is -2.14. The predicted octanol–water partition coefficient (Wildman–Crippen LogP) is 0.151. The normalized spacial score (nSPS) is 11.4. The van der Waals surface area contributed by atoms with E-state index >= 15 is 0 Å². The summed E-state index contributed by atoms with van der Waals surface area (Å²) >= 11 is 0.983. The molecular formula is C10H10N4O3S2. The Labute approximate surface area is 113 Å². The van der Waals surface area contributed by atoms with Gasteiger partial charge in [-0.2, -0.15) is 0 Å². The van der Waals surface area contributed by atoms with Crippen molar-refractivity contribution in [2.45, 2.75) is 14.9 Å². The number of nitrogen functional groups attached to an aromatic ring is 1. The van der Waals surface area contributed by atoms with E-state index in [0.29, 0.717) is 4.90 Å². The number of aromatic nitrogens is 2. The molecule has 19 heavy (non-hydrogen) atoms. The van der Waals surface area contributed by atoms with E-state index in [1.54, 1.807) is 0 Å². The Bertz CT molecular complexity index is 770. The average molecular weight is 298 g/mol.